The number of ether oxygens (including phenoxy) is 2. The Labute approximate surface area is 143 Å². The maximum Gasteiger partial charge on any atom is 0.259 e. The molecule has 0 fully saturated rings. The SMILES string of the molecule is CCN(CC)C(=O)c1c(Nc2ccc(OC)cc2)cccc1OC. The van der Waals surface area contributed by atoms with Crippen LogP contribution in [0.1, 0.15) is 24.2 Å². The van der Waals surface area contributed by atoms with E-state index in [0.29, 0.717) is 24.4 Å². The summed E-state index contributed by atoms with van der Waals surface area (Å²) in [5.74, 6) is 1.30. The number of carbonyl (C=O) groups excluding carboxylic acids is 1. The molecule has 24 heavy (non-hydrogen) atoms. The molecule has 128 valence electrons. The molecular weight excluding hydrogens is 304 g/mol. The number of hydrogen-bond donors (Lipinski definition) is 1. The Bertz CT molecular complexity index is 680. The van der Waals surface area contributed by atoms with Gasteiger partial charge in [-0.2, -0.15) is 0 Å². The van der Waals surface area contributed by atoms with Gasteiger partial charge in [0.1, 0.15) is 17.1 Å². The highest BCUT2D eigenvalue weighted by atomic mass is 16.5. The standard InChI is InChI=1S/C19H24N2O3/c1-5-21(6-2)19(22)18-16(8-7-9-17(18)24-4)20-14-10-12-15(23-3)13-11-14/h7-13,20H,5-6H2,1-4H3. The quantitative estimate of drug-likeness (QED) is 0.837. The van der Waals surface area contributed by atoms with E-state index in [9.17, 15) is 4.79 Å². The minimum atomic E-state index is -0.0477. The molecule has 2 aromatic carbocycles. The Kier molecular flexibility index (Phi) is 6.07. The van der Waals surface area contributed by atoms with Crippen LogP contribution in [0.25, 0.3) is 0 Å². The van der Waals surface area contributed by atoms with Crippen molar-refractivity contribution in [3.63, 3.8) is 0 Å². The minimum Gasteiger partial charge on any atom is -0.497 e. The number of anilines is 2. The molecule has 0 atom stereocenters. The van der Waals surface area contributed by atoms with Gasteiger partial charge in [-0.1, -0.05) is 6.07 Å². The topological polar surface area (TPSA) is 50.8 Å². The van der Waals surface area contributed by atoms with Crippen LogP contribution in [-0.4, -0.2) is 38.1 Å². The van der Waals surface area contributed by atoms with Crippen LogP contribution in [0.5, 0.6) is 11.5 Å². The van der Waals surface area contributed by atoms with E-state index in [1.165, 1.54) is 0 Å². The summed E-state index contributed by atoms with van der Waals surface area (Å²) >= 11 is 0. The molecule has 5 nitrogen and oxygen atoms in total. The van der Waals surface area contributed by atoms with Crippen molar-refractivity contribution in [3.8, 4) is 11.5 Å². The summed E-state index contributed by atoms with van der Waals surface area (Å²) in [7, 11) is 3.21. The maximum absolute atomic E-state index is 12.9. The van der Waals surface area contributed by atoms with Crippen molar-refractivity contribution in [2.24, 2.45) is 0 Å². The van der Waals surface area contributed by atoms with Crippen LogP contribution in [0, 0.1) is 0 Å². The first-order valence-corrected chi connectivity index (χ1v) is 8.01. The van der Waals surface area contributed by atoms with E-state index in [0.717, 1.165) is 17.1 Å². The number of carbonyl (C=O) groups is 1. The summed E-state index contributed by atoms with van der Waals surface area (Å²) < 4.78 is 10.6. The fourth-order valence-electron chi connectivity index (χ4n) is 2.52. The Morgan fingerprint density at radius 3 is 2.21 bits per heavy atom. The lowest BCUT2D eigenvalue weighted by atomic mass is 10.1. The normalized spacial score (nSPS) is 10.2. The summed E-state index contributed by atoms with van der Waals surface area (Å²) in [5.41, 5.74) is 2.13. The molecule has 0 aromatic heterocycles. The van der Waals surface area contributed by atoms with E-state index in [2.05, 4.69) is 5.32 Å². The maximum atomic E-state index is 12.9. The molecule has 0 unspecified atom stereocenters. The van der Waals surface area contributed by atoms with E-state index < -0.39 is 0 Å². The second kappa shape index (κ2) is 8.24. The lowest BCUT2D eigenvalue weighted by Crippen LogP contribution is -2.31. The predicted molar refractivity (Wildman–Crippen MR) is 96.5 cm³/mol. The van der Waals surface area contributed by atoms with Gasteiger partial charge in [-0.05, 0) is 50.2 Å². The number of nitrogens with zero attached hydrogens (tertiary/aromatic N) is 1. The van der Waals surface area contributed by atoms with E-state index in [1.54, 1.807) is 25.2 Å². The Balaban J connectivity index is 2.39. The van der Waals surface area contributed by atoms with Crippen LogP contribution < -0.4 is 14.8 Å². The minimum absolute atomic E-state index is 0.0477. The van der Waals surface area contributed by atoms with E-state index in [1.807, 2.05) is 50.2 Å². The fourth-order valence-corrected chi connectivity index (χ4v) is 2.52. The van der Waals surface area contributed by atoms with Crippen molar-refractivity contribution < 1.29 is 14.3 Å². The van der Waals surface area contributed by atoms with Gasteiger partial charge in [0, 0.05) is 18.8 Å². The Morgan fingerprint density at radius 1 is 1.00 bits per heavy atom. The van der Waals surface area contributed by atoms with Gasteiger partial charge in [-0.3, -0.25) is 4.79 Å². The molecule has 1 amide bonds. The number of hydrogen-bond acceptors (Lipinski definition) is 4. The van der Waals surface area contributed by atoms with Crippen LogP contribution in [0.15, 0.2) is 42.5 Å². The molecule has 0 saturated heterocycles. The summed E-state index contributed by atoms with van der Waals surface area (Å²) in [6, 6.07) is 13.1. The number of benzene rings is 2. The zero-order valence-corrected chi connectivity index (χ0v) is 14.6. The third-order valence-electron chi connectivity index (χ3n) is 3.88. The first-order chi connectivity index (χ1) is 11.6. The highest BCUT2D eigenvalue weighted by Gasteiger charge is 2.21. The monoisotopic (exact) mass is 328 g/mol. The molecule has 0 spiro atoms. The summed E-state index contributed by atoms with van der Waals surface area (Å²) in [5, 5.41) is 3.30. The van der Waals surface area contributed by atoms with Crippen molar-refractivity contribution >= 4 is 17.3 Å². The van der Waals surface area contributed by atoms with Gasteiger partial charge < -0.3 is 19.7 Å². The van der Waals surface area contributed by atoms with E-state index in [-0.39, 0.29) is 5.91 Å². The molecule has 1 N–H and O–H groups in total. The van der Waals surface area contributed by atoms with Crippen LogP contribution in [-0.2, 0) is 0 Å². The molecule has 5 heteroatoms. The molecule has 0 aliphatic carbocycles. The largest absolute Gasteiger partial charge is 0.497 e. The smallest absolute Gasteiger partial charge is 0.259 e. The van der Waals surface area contributed by atoms with Gasteiger partial charge in [-0.25, -0.2) is 0 Å². The average molecular weight is 328 g/mol. The van der Waals surface area contributed by atoms with Gasteiger partial charge in [0.25, 0.3) is 5.91 Å². The summed E-state index contributed by atoms with van der Waals surface area (Å²) in [6.45, 7) is 5.23. The molecule has 0 saturated carbocycles. The van der Waals surface area contributed by atoms with E-state index in [4.69, 9.17) is 9.47 Å². The van der Waals surface area contributed by atoms with E-state index >= 15 is 0 Å². The van der Waals surface area contributed by atoms with Gasteiger partial charge in [0.05, 0.1) is 19.9 Å². The zero-order chi connectivity index (χ0) is 17.5. The zero-order valence-electron chi connectivity index (χ0n) is 14.6. The van der Waals surface area contributed by atoms with Gasteiger partial charge in [0.2, 0.25) is 0 Å². The van der Waals surface area contributed by atoms with Crippen molar-refractivity contribution in [2.75, 3.05) is 32.6 Å². The molecular formula is C19H24N2O3. The molecule has 2 rings (SSSR count). The third kappa shape index (κ3) is 3.79. The van der Waals surface area contributed by atoms with Crippen LogP contribution in [0.3, 0.4) is 0 Å². The van der Waals surface area contributed by atoms with Crippen LogP contribution >= 0.6 is 0 Å². The van der Waals surface area contributed by atoms with Crippen LogP contribution in [0.2, 0.25) is 0 Å². The summed E-state index contributed by atoms with van der Waals surface area (Å²) in [4.78, 5) is 14.7. The van der Waals surface area contributed by atoms with Crippen LogP contribution in [0.4, 0.5) is 11.4 Å². The average Bonchev–Trinajstić information content (AvgIpc) is 2.63. The fraction of sp³-hybridized carbons (Fsp3) is 0.316. The number of rotatable bonds is 7. The number of amides is 1. The van der Waals surface area contributed by atoms with Gasteiger partial charge in [-0.15, -0.1) is 0 Å². The molecule has 0 heterocycles. The molecule has 0 aliphatic rings. The number of nitrogens with one attached hydrogen (secondary N) is 1. The van der Waals surface area contributed by atoms with Crippen molar-refractivity contribution in [1.82, 2.24) is 4.90 Å². The van der Waals surface area contributed by atoms with Crippen molar-refractivity contribution in [1.29, 1.82) is 0 Å². The Morgan fingerprint density at radius 2 is 1.67 bits per heavy atom. The molecule has 0 bridgehead atoms. The highest BCUT2D eigenvalue weighted by Crippen LogP contribution is 2.30. The molecule has 0 aliphatic heterocycles. The highest BCUT2D eigenvalue weighted by molar-refractivity contribution is 6.03. The van der Waals surface area contributed by atoms with Gasteiger partial charge >= 0.3 is 0 Å². The third-order valence-corrected chi connectivity index (χ3v) is 3.88. The van der Waals surface area contributed by atoms with Gasteiger partial charge in [0.15, 0.2) is 0 Å². The van der Waals surface area contributed by atoms with Crippen molar-refractivity contribution in [3.05, 3.63) is 48.0 Å². The number of methoxy groups -OCH3 is 2. The predicted octanol–water partition coefficient (Wildman–Crippen LogP) is 3.93. The first-order valence-electron chi connectivity index (χ1n) is 8.01. The first kappa shape index (κ1) is 17.7. The molecule has 0 radical (unpaired) electrons. The van der Waals surface area contributed by atoms with Crippen molar-refractivity contribution in [2.45, 2.75) is 13.8 Å². The summed E-state index contributed by atoms with van der Waals surface area (Å²) in [6.07, 6.45) is 0. The lowest BCUT2D eigenvalue weighted by molar-refractivity contribution is 0.0770. The second-order valence-corrected chi connectivity index (χ2v) is 5.21. The Hall–Kier alpha value is -2.69. The molecule has 2 aromatic rings. The lowest BCUT2D eigenvalue weighted by Gasteiger charge is -2.22. The second-order valence-electron chi connectivity index (χ2n) is 5.21.